The molecule has 1 saturated heterocycles. The third-order valence-corrected chi connectivity index (χ3v) is 5.00. The molecule has 0 spiro atoms. The van der Waals surface area contributed by atoms with Crippen molar-refractivity contribution in [2.24, 2.45) is 10.3 Å². The van der Waals surface area contributed by atoms with Crippen LogP contribution in [0.1, 0.15) is 0 Å². The predicted molar refractivity (Wildman–Crippen MR) is 105 cm³/mol. The maximum atomic E-state index is 13.4. The van der Waals surface area contributed by atoms with Gasteiger partial charge < -0.3 is 10.1 Å². The highest BCUT2D eigenvalue weighted by atomic mass is 35.5. The fraction of sp³-hybridized carbons (Fsp3) is 0.211. The van der Waals surface area contributed by atoms with Gasteiger partial charge in [0, 0.05) is 0 Å². The third-order valence-electron chi connectivity index (χ3n) is 4.71. The molecule has 0 unspecified atom stereocenters. The number of hydrogen-bond acceptors (Lipinski definition) is 7. The number of amides is 3. The van der Waals surface area contributed by atoms with Crippen LogP contribution in [0.3, 0.4) is 0 Å². The molecule has 2 heterocycles. The van der Waals surface area contributed by atoms with E-state index in [1.807, 2.05) is 0 Å². The number of ether oxygens (including phenoxy) is 1. The van der Waals surface area contributed by atoms with E-state index in [9.17, 15) is 18.8 Å². The molecule has 0 radical (unpaired) electrons. The first kappa shape index (κ1) is 19.8. The van der Waals surface area contributed by atoms with Crippen molar-refractivity contribution in [2.75, 3.05) is 23.9 Å². The molecule has 154 valence electrons. The van der Waals surface area contributed by atoms with E-state index in [2.05, 4.69) is 15.7 Å². The van der Waals surface area contributed by atoms with Crippen LogP contribution in [0.15, 0.2) is 52.8 Å². The lowest BCUT2D eigenvalue weighted by atomic mass is 10.1. The maximum absolute atomic E-state index is 13.4. The molecule has 2 aromatic carbocycles. The van der Waals surface area contributed by atoms with Crippen LogP contribution < -0.4 is 15.0 Å². The molecule has 2 aliphatic rings. The van der Waals surface area contributed by atoms with Gasteiger partial charge in [0.1, 0.15) is 18.1 Å². The molecule has 0 aliphatic carbocycles. The van der Waals surface area contributed by atoms with Gasteiger partial charge in [0.15, 0.2) is 12.1 Å². The van der Waals surface area contributed by atoms with Crippen LogP contribution in [0.5, 0.6) is 5.75 Å². The van der Waals surface area contributed by atoms with Crippen molar-refractivity contribution in [1.82, 2.24) is 5.01 Å². The highest BCUT2D eigenvalue weighted by molar-refractivity contribution is 6.32. The highest BCUT2D eigenvalue weighted by Crippen LogP contribution is 2.33. The van der Waals surface area contributed by atoms with Crippen LogP contribution in [0.25, 0.3) is 0 Å². The van der Waals surface area contributed by atoms with Crippen LogP contribution in [-0.4, -0.2) is 48.5 Å². The number of imide groups is 1. The van der Waals surface area contributed by atoms with Crippen molar-refractivity contribution >= 4 is 40.7 Å². The van der Waals surface area contributed by atoms with Gasteiger partial charge in [-0.25, -0.2) is 9.29 Å². The summed E-state index contributed by atoms with van der Waals surface area (Å²) in [6, 6.07) is 8.21. The van der Waals surface area contributed by atoms with Crippen LogP contribution in [0.4, 0.5) is 15.8 Å². The van der Waals surface area contributed by atoms with Crippen LogP contribution in [0.2, 0.25) is 5.02 Å². The standard InChI is InChI=1S/C19H15ClFN5O4/c1-30-14-5-3-2-4-13(14)22-15(27)9-25-17-16(23-24-25)18(28)26(19(17)29)10-6-7-12(21)11(20)8-10/h2-8,16-17H,9H2,1H3,(H,22,27)/t16-,17+/m1/s1. The smallest absolute Gasteiger partial charge is 0.263 e. The number of benzene rings is 2. The molecule has 1 N–H and O–H groups in total. The minimum Gasteiger partial charge on any atom is -0.495 e. The molecule has 0 saturated carbocycles. The molecule has 2 aromatic rings. The van der Waals surface area contributed by atoms with Gasteiger partial charge in [-0.3, -0.25) is 19.4 Å². The first-order chi connectivity index (χ1) is 14.4. The average molecular weight is 432 g/mol. The number of carbonyl (C=O) groups is 3. The van der Waals surface area contributed by atoms with Crippen LogP contribution in [-0.2, 0) is 14.4 Å². The van der Waals surface area contributed by atoms with Gasteiger partial charge in [-0.1, -0.05) is 29.0 Å². The van der Waals surface area contributed by atoms with E-state index in [4.69, 9.17) is 16.3 Å². The van der Waals surface area contributed by atoms with Gasteiger partial charge in [-0.15, -0.1) is 0 Å². The van der Waals surface area contributed by atoms with Crippen molar-refractivity contribution in [3.05, 3.63) is 53.3 Å². The second-order valence-corrected chi connectivity index (χ2v) is 6.96. The fourth-order valence-electron chi connectivity index (χ4n) is 3.32. The number of rotatable bonds is 5. The number of nitrogens with one attached hydrogen (secondary N) is 1. The first-order valence-corrected chi connectivity index (χ1v) is 9.21. The quantitative estimate of drug-likeness (QED) is 0.732. The van der Waals surface area contributed by atoms with E-state index >= 15 is 0 Å². The molecule has 11 heteroatoms. The van der Waals surface area contributed by atoms with Gasteiger partial charge in [0.2, 0.25) is 5.91 Å². The topological polar surface area (TPSA) is 104 Å². The summed E-state index contributed by atoms with van der Waals surface area (Å²) < 4.78 is 18.6. The summed E-state index contributed by atoms with van der Waals surface area (Å²) in [6.45, 7) is -0.306. The molecule has 2 atom stereocenters. The van der Waals surface area contributed by atoms with Crippen molar-refractivity contribution in [1.29, 1.82) is 0 Å². The van der Waals surface area contributed by atoms with Crippen molar-refractivity contribution < 1.29 is 23.5 Å². The lowest BCUT2D eigenvalue weighted by Gasteiger charge is -2.20. The summed E-state index contributed by atoms with van der Waals surface area (Å²) in [4.78, 5) is 38.9. The first-order valence-electron chi connectivity index (χ1n) is 8.84. The van der Waals surface area contributed by atoms with Crippen LogP contribution >= 0.6 is 11.6 Å². The minimum atomic E-state index is -1.08. The largest absolute Gasteiger partial charge is 0.495 e. The Morgan fingerprint density at radius 1 is 1.23 bits per heavy atom. The van der Waals surface area contributed by atoms with Gasteiger partial charge >= 0.3 is 0 Å². The number of fused-ring (bicyclic) bond motifs is 1. The molecule has 9 nitrogen and oxygen atoms in total. The lowest BCUT2D eigenvalue weighted by molar-refractivity contribution is -0.123. The highest BCUT2D eigenvalue weighted by Gasteiger charge is 2.55. The molecule has 1 fully saturated rings. The Kier molecular flexibility index (Phi) is 5.08. The number of para-hydroxylation sites is 2. The Hall–Kier alpha value is -3.53. The Morgan fingerprint density at radius 3 is 2.73 bits per heavy atom. The van der Waals surface area contributed by atoms with E-state index in [-0.39, 0.29) is 17.3 Å². The Balaban J connectivity index is 1.50. The summed E-state index contributed by atoms with van der Waals surface area (Å²) in [5.41, 5.74) is 0.577. The van der Waals surface area contributed by atoms with E-state index in [1.54, 1.807) is 24.3 Å². The SMILES string of the molecule is COc1ccccc1NC(=O)CN1N=N[C@H]2C(=O)N(c3ccc(F)c(Cl)c3)C(=O)[C@H]21. The summed E-state index contributed by atoms with van der Waals surface area (Å²) in [6.07, 6.45) is 0. The zero-order chi connectivity index (χ0) is 21.4. The number of methoxy groups -OCH3 is 1. The van der Waals surface area contributed by atoms with Gasteiger partial charge in [0.25, 0.3) is 11.8 Å². The number of halogens is 2. The molecule has 2 aliphatic heterocycles. The summed E-state index contributed by atoms with van der Waals surface area (Å²) in [7, 11) is 1.48. The van der Waals surface area contributed by atoms with Crippen LogP contribution in [0, 0.1) is 5.82 Å². The molecular formula is C19H15ClFN5O4. The molecule has 4 rings (SSSR count). The zero-order valence-electron chi connectivity index (χ0n) is 15.6. The minimum absolute atomic E-state index is 0.124. The second-order valence-electron chi connectivity index (χ2n) is 6.55. The molecule has 0 aromatic heterocycles. The number of carbonyl (C=O) groups excluding carboxylic acids is 3. The fourth-order valence-corrected chi connectivity index (χ4v) is 3.49. The van der Waals surface area contributed by atoms with Gasteiger partial charge in [-0.05, 0) is 30.3 Å². The maximum Gasteiger partial charge on any atom is 0.263 e. The normalized spacial score (nSPS) is 20.0. The summed E-state index contributed by atoms with van der Waals surface area (Å²) >= 11 is 5.77. The van der Waals surface area contributed by atoms with Gasteiger partial charge in [-0.2, -0.15) is 5.11 Å². The number of anilines is 2. The predicted octanol–water partition coefficient (Wildman–Crippen LogP) is 2.42. The third kappa shape index (κ3) is 3.35. The number of nitrogens with zero attached hydrogens (tertiary/aromatic N) is 4. The van der Waals surface area contributed by atoms with Crippen molar-refractivity contribution in [2.45, 2.75) is 12.1 Å². The summed E-state index contributed by atoms with van der Waals surface area (Å²) in [5.74, 6) is -1.92. The zero-order valence-corrected chi connectivity index (χ0v) is 16.3. The Morgan fingerprint density at radius 2 is 2.00 bits per heavy atom. The lowest BCUT2D eigenvalue weighted by Crippen LogP contribution is -2.43. The average Bonchev–Trinajstić information content (AvgIpc) is 3.24. The van der Waals surface area contributed by atoms with E-state index < -0.39 is 35.6 Å². The van der Waals surface area contributed by atoms with Gasteiger partial charge in [0.05, 0.1) is 23.5 Å². The van der Waals surface area contributed by atoms with Crippen molar-refractivity contribution in [3.8, 4) is 5.75 Å². The van der Waals surface area contributed by atoms with E-state index in [1.165, 1.54) is 19.2 Å². The monoisotopic (exact) mass is 431 g/mol. The Labute approximate surface area is 175 Å². The molecule has 30 heavy (non-hydrogen) atoms. The molecule has 0 bridgehead atoms. The summed E-state index contributed by atoms with van der Waals surface area (Å²) in [5, 5.41) is 11.3. The van der Waals surface area contributed by atoms with E-state index in [0.29, 0.717) is 11.4 Å². The number of hydrogen-bond donors (Lipinski definition) is 1. The second kappa shape index (κ2) is 7.71. The Bertz CT molecular complexity index is 1080. The van der Waals surface area contributed by atoms with E-state index in [0.717, 1.165) is 16.0 Å². The molecule has 3 amide bonds. The molecular weight excluding hydrogens is 417 g/mol. The van der Waals surface area contributed by atoms with Crippen molar-refractivity contribution in [3.63, 3.8) is 0 Å².